The zero-order valence-corrected chi connectivity index (χ0v) is 10.2. The number of carboxylic acid groups (broad SMARTS) is 1. The molecule has 0 saturated carbocycles. The molecule has 1 aromatic carbocycles. The van der Waals surface area contributed by atoms with Gasteiger partial charge in [-0.1, -0.05) is 18.2 Å². The van der Waals surface area contributed by atoms with Gasteiger partial charge in [0.05, 0.1) is 0 Å². The van der Waals surface area contributed by atoms with E-state index in [1.165, 1.54) is 7.05 Å². The van der Waals surface area contributed by atoms with Gasteiger partial charge in [0.1, 0.15) is 6.54 Å². The minimum atomic E-state index is -1.18. The summed E-state index contributed by atoms with van der Waals surface area (Å²) in [5.41, 5.74) is 0.542. The van der Waals surface area contributed by atoms with Gasteiger partial charge < -0.3 is 21.2 Å². The number of hydrogen-bond acceptors (Lipinski definition) is 3. The van der Waals surface area contributed by atoms with Crippen LogP contribution in [0.15, 0.2) is 30.3 Å². The van der Waals surface area contributed by atoms with Crippen LogP contribution in [0.5, 0.6) is 0 Å². The molecule has 19 heavy (non-hydrogen) atoms. The van der Waals surface area contributed by atoms with E-state index in [-0.39, 0.29) is 5.48 Å². The number of aliphatic carboxylic acids is 1. The summed E-state index contributed by atoms with van der Waals surface area (Å²) in [6, 6.07) is 7.16. The lowest BCUT2D eigenvalue weighted by molar-refractivity contribution is -0.135. The normalized spacial score (nSPS) is 8.89. The average Bonchev–Trinajstić information content (AvgIpc) is 2.36. The summed E-state index contributed by atoms with van der Waals surface area (Å²) >= 11 is 0. The summed E-state index contributed by atoms with van der Waals surface area (Å²) in [5, 5.41) is 12.9. The first-order valence-corrected chi connectivity index (χ1v) is 5.10. The number of imide groups is 1. The van der Waals surface area contributed by atoms with Crippen molar-refractivity contribution >= 4 is 23.7 Å². The number of carboxylic acids is 1. The minimum absolute atomic E-state index is 0. The monoisotopic (exact) mass is 269 g/mol. The highest BCUT2D eigenvalue weighted by Gasteiger charge is 2.16. The summed E-state index contributed by atoms with van der Waals surface area (Å²) in [6.45, 7) is -0.540. The highest BCUT2D eigenvalue weighted by Crippen LogP contribution is 2.05. The van der Waals surface area contributed by atoms with Crippen molar-refractivity contribution in [3.8, 4) is 0 Å². The van der Waals surface area contributed by atoms with Gasteiger partial charge in [0.2, 0.25) is 0 Å². The molecule has 0 aliphatic heterocycles. The molecule has 0 aliphatic rings. The van der Waals surface area contributed by atoms with Crippen LogP contribution in [0.3, 0.4) is 0 Å². The van der Waals surface area contributed by atoms with Crippen molar-refractivity contribution in [2.45, 2.75) is 0 Å². The molecular formula is C11H15N3O5. The molecule has 0 unspecified atom stereocenters. The molecule has 1 rings (SSSR count). The van der Waals surface area contributed by atoms with Crippen LogP contribution >= 0.6 is 0 Å². The topological polar surface area (TPSA) is 130 Å². The number of urea groups is 2. The molecule has 4 amide bonds. The lowest BCUT2D eigenvalue weighted by Gasteiger charge is -2.16. The Morgan fingerprint density at radius 3 is 2.26 bits per heavy atom. The van der Waals surface area contributed by atoms with Crippen molar-refractivity contribution < 1.29 is 25.0 Å². The first kappa shape index (κ1) is 16.4. The van der Waals surface area contributed by atoms with Crippen molar-refractivity contribution in [1.82, 2.24) is 10.2 Å². The third-order valence-electron chi connectivity index (χ3n) is 2.03. The SMILES string of the molecule is CN(C(=O)NCC(=O)O)C(=O)Nc1ccccc1.O. The second kappa shape index (κ2) is 7.67. The highest BCUT2D eigenvalue weighted by molar-refractivity contribution is 6.00. The number of nitrogens with one attached hydrogen (secondary N) is 2. The molecular weight excluding hydrogens is 254 g/mol. The number of carbonyl (C=O) groups excluding carboxylic acids is 2. The fourth-order valence-electron chi connectivity index (χ4n) is 1.09. The molecule has 0 atom stereocenters. The molecule has 1 aromatic rings. The molecule has 8 nitrogen and oxygen atoms in total. The first-order chi connectivity index (χ1) is 8.50. The number of para-hydroxylation sites is 1. The number of amides is 4. The fraction of sp³-hybridized carbons (Fsp3) is 0.182. The van der Waals surface area contributed by atoms with Gasteiger partial charge >= 0.3 is 18.0 Å². The molecule has 0 radical (unpaired) electrons. The van der Waals surface area contributed by atoms with E-state index in [1.807, 2.05) is 0 Å². The first-order valence-electron chi connectivity index (χ1n) is 5.10. The van der Waals surface area contributed by atoms with Crippen LogP contribution in [0.2, 0.25) is 0 Å². The predicted molar refractivity (Wildman–Crippen MR) is 67.9 cm³/mol. The summed E-state index contributed by atoms with van der Waals surface area (Å²) in [6.07, 6.45) is 0. The minimum Gasteiger partial charge on any atom is -0.480 e. The molecule has 0 aliphatic carbocycles. The van der Waals surface area contributed by atoms with Gasteiger partial charge in [-0.3, -0.25) is 4.79 Å². The van der Waals surface area contributed by atoms with Crippen molar-refractivity contribution in [2.24, 2.45) is 0 Å². The maximum absolute atomic E-state index is 11.6. The van der Waals surface area contributed by atoms with Gasteiger partial charge in [0.25, 0.3) is 0 Å². The van der Waals surface area contributed by atoms with Crippen LogP contribution in [-0.2, 0) is 4.79 Å². The van der Waals surface area contributed by atoms with E-state index in [0.717, 1.165) is 4.90 Å². The number of benzene rings is 1. The zero-order chi connectivity index (χ0) is 13.5. The van der Waals surface area contributed by atoms with Crippen LogP contribution in [-0.4, -0.2) is 47.1 Å². The Kier molecular flexibility index (Phi) is 6.61. The van der Waals surface area contributed by atoms with Crippen molar-refractivity contribution in [1.29, 1.82) is 0 Å². The Labute approximate surface area is 109 Å². The molecule has 5 N–H and O–H groups in total. The number of hydrogen-bond donors (Lipinski definition) is 3. The summed E-state index contributed by atoms with van der Waals surface area (Å²) in [7, 11) is 1.25. The number of carbonyl (C=O) groups is 3. The molecule has 8 heteroatoms. The fourth-order valence-corrected chi connectivity index (χ4v) is 1.09. The van der Waals surface area contributed by atoms with Crippen LogP contribution in [0.4, 0.5) is 15.3 Å². The molecule has 0 fully saturated rings. The molecule has 0 bridgehead atoms. The Morgan fingerprint density at radius 2 is 1.74 bits per heavy atom. The third kappa shape index (κ3) is 5.50. The van der Waals surface area contributed by atoms with E-state index < -0.39 is 24.6 Å². The van der Waals surface area contributed by atoms with Gasteiger partial charge in [-0.05, 0) is 12.1 Å². The van der Waals surface area contributed by atoms with Crippen LogP contribution in [0.1, 0.15) is 0 Å². The van der Waals surface area contributed by atoms with Crippen molar-refractivity contribution in [3.63, 3.8) is 0 Å². The third-order valence-corrected chi connectivity index (χ3v) is 2.03. The number of anilines is 1. The van der Waals surface area contributed by atoms with Crippen LogP contribution in [0, 0.1) is 0 Å². The van der Waals surface area contributed by atoms with Gasteiger partial charge in [-0.2, -0.15) is 0 Å². The maximum Gasteiger partial charge on any atom is 0.329 e. The highest BCUT2D eigenvalue weighted by atomic mass is 16.4. The Hall–Kier alpha value is -2.61. The second-order valence-electron chi connectivity index (χ2n) is 3.41. The van der Waals surface area contributed by atoms with E-state index in [0.29, 0.717) is 5.69 Å². The standard InChI is InChI=1S/C11H13N3O4.H2O/c1-14(10(17)12-7-9(15)16)11(18)13-8-5-3-2-4-6-8;/h2-6H,7H2,1H3,(H,12,17)(H,13,18)(H,15,16);1H2. The summed E-state index contributed by atoms with van der Waals surface area (Å²) in [4.78, 5) is 34.0. The maximum atomic E-state index is 11.6. The van der Waals surface area contributed by atoms with Crippen molar-refractivity contribution in [2.75, 3.05) is 18.9 Å². The van der Waals surface area contributed by atoms with Gasteiger partial charge in [-0.15, -0.1) is 0 Å². The Bertz CT molecular complexity index is 449. The molecule has 0 spiro atoms. The van der Waals surface area contributed by atoms with E-state index in [4.69, 9.17) is 5.11 Å². The van der Waals surface area contributed by atoms with Crippen molar-refractivity contribution in [3.05, 3.63) is 30.3 Å². The Morgan fingerprint density at radius 1 is 1.16 bits per heavy atom. The zero-order valence-electron chi connectivity index (χ0n) is 10.2. The molecule has 0 saturated heterocycles. The van der Waals surface area contributed by atoms with Crippen LogP contribution in [0.25, 0.3) is 0 Å². The second-order valence-corrected chi connectivity index (χ2v) is 3.41. The van der Waals surface area contributed by atoms with E-state index in [9.17, 15) is 14.4 Å². The van der Waals surface area contributed by atoms with E-state index in [1.54, 1.807) is 30.3 Å². The summed E-state index contributed by atoms with van der Waals surface area (Å²) in [5.74, 6) is -1.18. The summed E-state index contributed by atoms with van der Waals surface area (Å²) < 4.78 is 0. The molecule has 0 heterocycles. The van der Waals surface area contributed by atoms with Crippen LogP contribution < -0.4 is 10.6 Å². The van der Waals surface area contributed by atoms with Gasteiger partial charge in [-0.25, -0.2) is 14.5 Å². The lowest BCUT2D eigenvalue weighted by Crippen LogP contribution is -2.44. The smallest absolute Gasteiger partial charge is 0.329 e. The number of nitrogens with zero attached hydrogens (tertiary/aromatic N) is 1. The quantitative estimate of drug-likeness (QED) is 0.719. The Balaban J connectivity index is 0.00000324. The van der Waals surface area contributed by atoms with Gasteiger partial charge in [0.15, 0.2) is 0 Å². The lowest BCUT2D eigenvalue weighted by atomic mass is 10.3. The molecule has 0 aromatic heterocycles. The number of rotatable bonds is 3. The predicted octanol–water partition coefficient (Wildman–Crippen LogP) is 0.120. The van der Waals surface area contributed by atoms with E-state index in [2.05, 4.69) is 10.6 Å². The van der Waals surface area contributed by atoms with E-state index >= 15 is 0 Å². The molecule has 104 valence electrons. The largest absolute Gasteiger partial charge is 0.480 e. The van der Waals surface area contributed by atoms with Gasteiger partial charge in [0, 0.05) is 12.7 Å². The average molecular weight is 269 g/mol.